The molecule has 1 saturated heterocycles. The van der Waals surface area contributed by atoms with Crippen molar-refractivity contribution in [2.75, 3.05) is 19.6 Å². The molecule has 2 aromatic rings. The van der Waals surface area contributed by atoms with Crippen LogP contribution >= 0.6 is 11.6 Å². The van der Waals surface area contributed by atoms with Crippen LogP contribution in [0.4, 0.5) is 0 Å². The van der Waals surface area contributed by atoms with Crippen LogP contribution in [0.25, 0.3) is 0 Å². The fourth-order valence-corrected chi connectivity index (χ4v) is 3.83. The molecule has 2 amide bonds. The molecular formula is C21H22ClN3O2. The van der Waals surface area contributed by atoms with Gasteiger partial charge in [-0.2, -0.15) is 0 Å². The fourth-order valence-electron chi connectivity index (χ4n) is 3.62. The molecule has 0 bridgehead atoms. The molecule has 2 aliphatic heterocycles. The van der Waals surface area contributed by atoms with E-state index in [9.17, 15) is 9.59 Å². The van der Waals surface area contributed by atoms with Gasteiger partial charge in [0.2, 0.25) is 5.91 Å². The van der Waals surface area contributed by atoms with Crippen molar-refractivity contribution in [3.8, 4) is 0 Å². The standard InChI is InChI=1S/C21H22ClN3O2/c22-18-8-4-3-7-17(18)21(27)25-13-16-6-2-1-5-15(16)9-19(25)20(26)24-12-14-10-23-11-14/h1-8,14,19,23H,9-13H2,(H,24,26). The summed E-state index contributed by atoms with van der Waals surface area (Å²) in [6.45, 7) is 2.90. The third kappa shape index (κ3) is 3.70. The van der Waals surface area contributed by atoms with Gasteiger partial charge in [0.15, 0.2) is 0 Å². The molecule has 6 heteroatoms. The van der Waals surface area contributed by atoms with E-state index in [1.54, 1.807) is 29.2 Å². The van der Waals surface area contributed by atoms with Crippen LogP contribution in [0.2, 0.25) is 5.02 Å². The Bertz CT molecular complexity index is 866. The minimum atomic E-state index is -0.531. The number of fused-ring (bicyclic) bond motifs is 1. The van der Waals surface area contributed by atoms with Gasteiger partial charge in [0.25, 0.3) is 5.91 Å². The molecule has 1 unspecified atom stereocenters. The van der Waals surface area contributed by atoms with Crippen molar-refractivity contribution in [3.05, 3.63) is 70.2 Å². The quantitative estimate of drug-likeness (QED) is 0.851. The Morgan fingerprint density at radius 3 is 2.48 bits per heavy atom. The van der Waals surface area contributed by atoms with Crippen LogP contribution in [0, 0.1) is 5.92 Å². The molecule has 0 aliphatic carbocycles. The third-order valence-corrected chi connectivity index (χ3v) is 5.68. The number of hydrogen-bond donors (Lipinski definition) is 2. The Morgan fingerprint density at radius 1 is 1.07 bits per heavy atom. The number of nitrogens with zero attached hydrogens (tertiary/aromatic N) is 1. The lowest BCUT2D eigenvalue weighted by atomic mass is 9.92. The largest absolute Gasteiger partial charge is 0.354 e. The molecule has 0 aromatic heterocycles. The van der Waals surface area contributed by atoms with Gasteiger partial charge < -0.3 is 15.5 Å². The monoisotopic (exact) mass is 383 g/mol. The van der Waals surface area contributed by atoms with Crippen molar-refractivity contribution in [2.45, 2.75) is 19.0 Å². The number of hydrogen-bond acceptors (Lipinski definition) is 3. The first-order valence-corrected chi connectivity index (χ1v) is 9.62. The van der Waals surface area contributed by atoms with Crippen LogP contribution in [0.5, 0.6) is 0 Å². The van der Waals surface area contributed by atoms with E-state index in [0.717, 1.165) is 24.2 Å². The highest BCUT2D eigenvalue weighted by Crippen LogP contribution is 2.27. The van der Waals surface area contributed by atoms with Crippen LogP contribution < -0.4 is 10.6 Å². The summed E-state index contributed by atoms with van der Waals surface area (Å²) in [5.41, 5.74) is 2.62. The summed E-state index contributed by atoms with van der Waals surface area (Å²) in [5.74, 6) is 0.162. The number of carbonyl (C=O) groups is 2. The zero-order valence-corrected chi connectivity index (χ0v) is 15.7. The molecule has 4 rings (SSSR count). The maximum atomic E-state index is 13.2. The summed E-state index contributed by atoms with van der Waals surface area (Å²) in [6, 6.07) is 14.4. The molecule has 2 aliphatic rings. The predicted molar refractivity (Wildman–Crippen MR) is 105 cm³/mol. The molecule has 2 N–H and O–H groups in total. The van der Waals surface area contributed by atoms with Gasteiger partial charge in [0.05, 0.1) is 10.6 Å². The SMILES string of the molecule is O=C(NCC1CNC1)C1Cc2ccccc2CN1C(=O)c1ccccc1Cl. The Labute approximate surface area is 163 Å². The molecule has 140 valence electrons. The molecule has 1 fully saturated rings. The summed E-state index contributed by atoms with van der Waals surface area (Å²) < 4.78 is 0. The highest BCUT2D eigenvalue weighted by molar-refractivity contribution is 6.33. The van der Waals surface area contributed by atoms with Crippen molar-refractivity contribution in [1.82, 2.24) is 15.5 Å². The van der Waals surface area contributed by atoms with Crippen LogP contribution in [0.1, 0.15) is 21.5 Å². The molecule has 0 saturated carbocycles. The second-order valence-electron chi connectivity index (χ2n) is 7.17. The van der Waals surface area contributed by atoms with E-state index in [4.69, 9.17) is 11.6 Å². The van der Waals surface area contributed by atoms with Gasteiger partial charge in [-0.3, -0.25) is 9.59 Å². The Kier molecular flexibility index (Phi) is 5.14. The van der Waals surface area contributed by atoms with Crippen LogP contribution in [0.15, 0.2) is 48.5 Å². The minimum absolute atomic E-state index is 0.100. The van der Waals surface area contributed by atoms with Crippen molar-refractivity contribution >= 4 is 23.4 Å². The molecule has 27 heavy (non-hydrogen) atoms. The smallest absolute Gasteiger partial charge is 0.256 e. The van der Waals surface area contributed by atoms with Gasteiger partial charge in [-0.25, -0.2) is 0 Å². The van der Waals surface area contributed by atoms with Gasteiger partial charge in [0, 0.05) is 38.5 Å². The van der Waals surface area contributed by atoms with Gasteiger partial charge in [-0.1, -0.05) is 48.0 Å². The average molecular weight is 384 g/mol. The first kappa shape index (κ1) is 18.0. The normalized spacial score (nSPS) is 19.1. The van der Waals surface area contributed by atoms with E-state index in [1.165, 1.54) is 0 Å². The van der Waals surface area contributed by atoms with Gasteiger partial charge in [-0.15, -0.1) is 0 Å². The minimum Gasteiger partial charge on any atom is -0.354 e. The number of amides is 2. The van der Waals surface area contributed by atoms with Gasteiger partial charge >= 0.3 is 0 Å². The average Bonchev–Trinajstić information content (AvgIpc) is 2.65. The Hall–Kier alpha value is -2.37. The molecule has 5 nitrogen and oxygen atoms in total. The second kappa shape index (κ2) is 7.71. The Morgan fingerprint density at radius 2 is 1.78 bits per heavy atom. The summed E-state index contributed by atoms with van der Waals surface area (Å²) in [7, 11) is 0. The first-order valence-electron chi connectivity index (χ1n) is 9.24. The summed E-state index contributed by atoms with van der Waals surface area (Å²) >= 11 is 6.24. The first-order chi connectivity index (χ1) is 13.1. The van der Waals surface area contributed by atoms with Crippen LogP contribution in [-0.2, 0) is 17.8 Å². The molecule has 0 radical (unpaired) electrons. The van der Waals surface area contributed by atoms with E-state index in [-0.39, 0.29) is 11.8 Å². The number of carbonyl (C=O) groups excluding carboxylic acids is 2. The molecule has 2 heterocycles. The van der Waals surface area contributed by atoms with Gasteiger partial charge in [0.1, 0.15) is 6.04 Å². The summed E-state index contributed by atoms with van der Waals surface area (Å²) in [5, 5.41) is 6.64. The lowest BCUT2D eigenvalue weighted by Gasteiger charge is -2.37. The van der Waals surface area contributed by atoms with E-state index in [1.807, 2.05) is 24.3 Å². The second-order valence-corrected chi connectivity index (χ2v) is 7.58. The van der Waals surface area contributed by atoms with Crippen LogP contribution in [0.3, 0.4) is 0 Å². The maximum Gasteiger partial charge on any atom is 0.256 e. The van der Waals surface area contributed by atoms with Crippen LogP contribution in [-0.4, -0.2) is 42.4 Å². The molecule has 0 spiro atoms. The molecule has 2 aromatic carbocycles. The number of benzene rings is 2. The summed E-state index contributed by atoms with van der Waals surface area (Å²) in [4.78, 5) is 27.8. The van der Waals surface area contributed by atoms with E-state index in [0.29, 0.717) is 36.0 Å². The lowest BCUT2D eigenvalue weighted by Crippen LogP contribution is -2.55. The van der Waals surface area contributed by atoms with Gasteiger partial charge in [-0.05, 0) is 23.3 Å². The predicted octanol–water partition coefficient (Wildman–Crippen LogP) is 2.24. The zero-order valence-electron chi connectivity index (χ0n) is 15.0. The van der Waals surface area contributed by atoms with E-state index < -0.39 is 6.04 Å². The highest BCUT2D eigenvalue weighted by atomic mass is 35.5. The number of nitrogens with one attached hydrogen (secondary N) is 2. The number of rotatable bonds is 4. The highest BCUT2D eigenvalue weighted by Gasteiger charge is 2.35. The fraction of sp³-hybridized carbons (Fsp3) is 0.333. The Balaban J connectivity index is 1.60. The van der Waals surface area contributed by atoms with E-state index >= 15 is 0 Å². The third-order valence-electron chi connectivity index (χ3n) is 5.35. The van der Waals surface area contributed by atoms with Crippen molar-refractivity contribution in [1.29, 1.82) is 0 Å². The number of halogens is 1. The zero-order chi connectivity index (χ0) is 18.8. The van der Waals surface area contributed by atoms with Crippen molar-refractivity contribution in [2.24, 2.45) is 5.92 Å². The van der Waals surface area contributed by atoms with Crippen molar-refractivity contribution < 1.29 is 9.59 Å². The lowest BCUT2D eigenvalue weighted by molar-refractivity contribution is -0.126. The van der Waals surface area contributed by atoms with E-state index in [2.05, 4.69) is 10.6 Å². The van der Waals surface area contributed by atoms with Crippen molar-refractivity contribution in [3.63, 3.8) is 0 Å². The molecule has 1 atom stereocenters. The maximum absolute atomic E-state index is 13.2. The summed E-state index contributed by atoms with van der Waals surface area (Å²) in [6.07, 6.45) is 0.515. The molecular weight excluding hydrogens is 362 g/mol. The topological polar surface area (TPSA) is 61.4 Å².